The zero-order valence-corrected chi connectivity index (χ0v) is 17.0. The van der Waals surface area contributed by atoms with E-state index < -0.39 is 0 Å². The summed E-state index contributed by atoms with van der Waals surface area (Å²) in [4.78, 5) is 12.2. The van der Waals surface area contributed by atoms with Crippen LogP contribution in [-0.4, -0.2) is 39.6 Å². The standard InChI is InChI=1S/C22H22N4O2S/c1-3-14-28-20-10-6-18(7-11-20)12-13-23-21(27)15-29-22-25-24-16-26(22)19-8-4-17(2)5-9-19/h1,4-11,16H,12-15H2,2H3,(H,23,27). The van der Waals surface area contributed by atoms with Crippen molar-refractivity contribution in [2.24, 2.45) is 0 Å². The number of amides is 1. The fourth-order valence-corrected chi connectivity index (χ4v) is 3.37. The van der Waals surface area contributed by atoms with Crippen LogP contribution in [0.25, 0.3) is 5.69 Å². The van der Waals surface area contributed by atoms with Crippen LogP contribution in [0.2, 0.25) is 0 Å². The number of carbonyl (C=O) groups is 1. The molecule has 0 aliphatic rings. The number of nitrogens with one attached hydrogen (secondary N) is 1. The summed E-state index contributed by atoms with van der Waals surface area (Å²) in [6, 6.07) is 15.8. The lowest BCUT2D eigenvalue weighted by molar-refractivity contribution is -0.118. The van der Waals surface area contributed by atoms with Crippen molar-refractivity contribution in [2.45, 2.75) is 18.5 Å². The van der Waals surface area contributed by atoms with Crippen LogP contribution in [0.3, 0.4) is 0 Å². The van der Waals surface area contributed by atoms with E-state index >= 15 is 0 Å². The van der Waals surface area contributed by atoms with E-state index in [1.165, 1.54) is 17.3 Å². The van der Waals surface area contributed by atoms with Gasteiger partial charge in [-0.1, -0.05) is 47.5 Å². The molecule has 0 fully saturated rings. The molecule has 0 atom stereocenters. The number of nitrogens with zero attached hydrogens (tertiary/aromatic N) is 3. The first-order valence-corrected chi connectivity index (χ1v) is 10.2. The number of aromatic nitrogens is 3. The summed E-state index contributed by atoms with van der Waals surface area (Å²) in [6.45, 7) is 2.86. The molecule has 0 aliphatic heterocycles. The Bertz CT molecular complexity index is 975. The van der Waals surface area contributed by atoms with Gasteiger partial charge in [-0.15, -0.1) is 16.6 Å². The highest BCUT2D eigenvalue weighted by atomic mass is 32.2. The van der Waals surface area contributed by atoms with Crippen LogP contribution in [0.1, 0.15) is 11.1 Å². The minimum Gasteiger partial charge on any atom is -0.481 e. The van der Waals surface area contributed by atoms with Crippen LogP contribution in [0.15, 0.2) is 60.0 Å². The van der Waals surface area contributed by atoms with Gasteiger partial charge in [-0.05, 0) is 43.2 Å². The van der Waals surface area contributed by atoms with Gasteiger partial charge in [0.15, 0.2) is 5.16 Å². The molecule has 2 aromatic carbocycles. The SMILES string of the molecule is C#CCOc1ccc(CCNC(=O)CSc2nncn2-c2ccc(C)cc2)cc1. The van der Waals surface area contributed by atoms with Gasteiger partial charge in [-0.2, -0.15) is 0 Å². The van der Waals surface area contributed by atoms with Crippen molar-refractivity contribution in [1.82, 2.24) is 20.1 Å². The number of ether oxygens (including phenoxy) is 1. The largest absolute Gasteiger partial charge is 0.481 e. The molecule has 0 radical (unpaired) electrons. The molecule has 6 nitrogen and oxygen atoms in total. The van der Waals surface area contributed by atoms with Gasteiger partial charge < -0.3 is 10.1 Å². The molecule has 29 heavy (non-hydrogen) atoms. The second-order valence-corrected chi connectivity index (χ2v) is 7.29. The Morgan fingerprint density at radius 1 is 1.21 bits per heavy atom. The average molecular weight is 407 g/mol. The first-order valence-electron chi connectivity index (χ1n) is 9.17. The van der Waals surface area contributed by atoms with E-state index in [9.17, 15) is 4.79 Å². The van der Waals surface area contributed by atoms with Gasteiger partial charge in [-0.3, -0.25) is 9.36 Å². The second kappa shape index (κ2) is 10.3. The molecule has 0 saturated carbocycles. The molecule has 0 saturated heterocycles. The Labute approximate surface area is 174 Å². The third-order valence-electron chi connectivity index (χ3n) is 4.14. The molecule has 7 heteroatoms. The van der Waals surface area contributed by atoms with E-state index in [1.807, 2.05) is 60.0 Å². The number of rotatable bonds is 9. The maximum absolute atomic E-state index is 12.2. The van der Waals surface area contributed by atoms with E-state index in [-0.39, 0.29) is 18.3 Å². The highest BCUT2D eigenvalue weighted by molar-refractivity contribution is 7.99. The van der Waals surface area contributed by atoms with Gasteiger partial charge >= 0.3 is 0 Å². The maximum atomic E-state index is 12.2. The van der Waals surface area contributed by atoms with Gasteiger partial charge in [-0.25, -0.2) is 0 Å². The van der Waals surface area contributed by atoms with Crippen LogP contribution in [0, 0.1) is 19.3 Å². The molecule has 0 unspecified atom stereocenters. The van der Waals surface area contributed by atoms with Crippen LogP contribution in [0.4, 0.5) is 0 Å². The summed E-state index contributed by atoms with van der Waals surface area (Å²) in [5, 5.41) is 11.7. The minimum atomic E-state index is -0.0394. The fraction of sp³-hybridized carbons (Fsp3) is 0.227. The first-order chi connectivity index (χ1) is 14.2. The Hall–Kier alpha value is -3.24. The summed E-state index contributed by atoms with van der Waals surface area (Å²) in [5.41, 5.74) is 3.27. The number of benzene rings is 2. The van der Waals surface area contributed by atoms with Gasteiger partial charge in [0.05, 0.1) is 5.75 Å². The number of thioether (sulfide) groups is 1. The first kappa shape index (κ1) is 20.5. The summed E-state index contributed by atoms with van der Waals surface area (Å²) in [5.74, 6) is 3.42. The van der Waals surface area contributed by atoms with Gasteiger partial charge in [0.2, 0.25) is 5.91 Å². The zero-order valence-electron chi connectivity index (χ0n) is 16.2. The monoisotopic (exact) mass is 406 g/mol. The lowest BCUT2D eigenvalue weighted by atomic mass is 10.1. The van der Waals surface area contributed by atoms with Crippen molar-refractivity contribution >= 4 is 17.7 Å². The van der Waals surface area contributed by atoms with Crippen LogP contribution in [-0.2, 0) is 11.2 Å². The highest BCUT2D eigenvalue weighted by Gasteiger charge is 2.10. The van der Waals surface area contributed by atoms with Crippen LogP contribution in [0.5, 0.6) is 5.75 Å². The van der Waals surface area contributed by atoms with Crippen molar-refractivity contribution in [3.63, 3.8) is 0 Å². The number of carbonyl (C=O) groups excluding carboxylic acids is 1. The van der Waals surface area contributed by atoms with Crippen molar-refractivity contribution in [3.8, 4) is 23.8 Å². The number of terminal acetylenes is 1. The summed E-state index contributed by atoms with van der Waals surface area (Å²) in [6.07, 6.45) is 7.57. The summed E-state index contributed by atoms with van der Waals surface area (Å²) >= 11 is 1.36. The average Bonchev–Trinajstić information content (AvgIpc) is 3.21. The van der Waals surface area contributed by atoms with Crippen LogP contribution < -0.4 is 10.1 Å². The van der Waals surface area contributed by atoms with Gasteiger partial charge in [0, 0.05) is 12.2 Å². The Morgan fingerprint density at radius 3 is 2.69 bits per heavy atom. The summed E-state index contributed by atoms with van der Waals surface area (Å²) in [7, 11) is 0. The third kappa shape index (κ3) is 6.13. The smallest absolute Gasteiger partial charge is 0.230 e. The van der Waals surface area contributed by atoms with E-state index in [0.717, 1.165) is 23.4 Å². The summed E-state index contributed by atoms with van der Waals surface area (Å²) < 4.78 is 7.22. The number of hydrogen-bond acceptors (Lipinski definition) is 5. The topological polar surface area (TPSA) is 69.0 Å². The van der Waals surface area contributed by atoms with Gasteiger partial charge in [0.1, 0.15) is 18.7 Å². The molecular weight excluding hydrogens is 384 g/mol. The molecular formula is C22H22N4O2S. The predicted molar refractivity (Wildman–Crippen MR) is 114 cm³/mol. The van der Waals surface area contributed by atoms with Crippen molar-refractivity contribution in [2.75, 3.05) is 18.9 Å². The molecule has 1 aromatic heterocycles. The lowest BCUT2D eigenvalue weighted by Crippen LogP contribution is -2.27. The molecule has 1 N–H and O–H groups in total. The molecule has 1 heterocycles. The van der Waals surface area contributed by atoms with E-state index in [4.69, 9.17) is 11.2 Å². The normalized spacial score (nSPS) is 10.3. The lowest BCUT2D eigenvalue weighted by Gasteiger charge is -2.08. The van der Waals surface area contributed by atoms with Crippen LogP contribution >= 0.6 is 11.8 Å². The minimum absolute atomic E-state index is 0.0394. The molecule has 1 amide bonds. The molecule has 0 bridgehead atoms. The molecule has 0 aliphatic carbocycles. The maximum Gasteiger partial charge on any atom is 0.230 e. The van der Waals surface area contributed by atoms with Gasteiger partial charge in [0.25, 0.3) is 0 Å². The third-order valence-corrected chi connectivity index (χ3v) is 5.09. The zero-order chi connectivity index (χ0) is 20.5. The van der Waals surface area contributed by atoms with Crippen molar-refractivity contribution < 1.29 is 9.53 Å². The van der Waals surface area contributed by atoms with Crippen molar-refractivity contribution in [1.29, 1.82) is 0 Å². The number of hydrogen-bond donors (Lipinski definition) is 1. The Balaban J connectivity index is 1.43. The molecule has 0 spiro atoms. The predicted octanol–water partition coefficient (Wildman–Crippen LogP) is 3.04. The molecule has 148 valence electrons. The van der Waals surface area contributed by atoms with E-state index in [2.05, 4.69) is 21.4 Å². The Morgan fingerprint density at radius 2 is 1.97 bits per heavy atom. The van der Waals surface area contributed by atoms with Crippen molar-refractivity contribution in [3.05, 3.63) is 66.0 Å². The highest BCUT2D eigenvalue weighted by Crippen LogP contribution is 2.19. The molecule has 3 rings (SSSR count). The number of aryl methyl sites for hydroxylation is 1. The quantitative estimate of drug-likeness (QED) is 0.437. The Kier molecular flexibility index (Phi) is 7.31. The fourth-order valence-electron chi connectivity index (χ4n) is 2.61. The van der Waals surface area contributed by atoms with E-state index in [1.54, 1.807) is 6.33 Å². The second-order valence-electron chi connectivity index (χ2n) is 6.34. The van der Waals surface area contributed by atoms with E-state index in [0.29, 0.717) is 11.7 Å². The molecule has 3 aromatic rings.